The van der Waals surface area contributed by atoms with Crippen molar-refractivity contribution in [2.75, 3.05) is 13.1 Å². The van der Waals surface area contributed by atoms with Crippen LogP contribution in [0.3, 0.4) is 0 Å². The molecule has 2 aliphatic heterocycles. The number of carbonyl (C=O) groups is 3. The predicted molar refractivity (Wildman–Crippen MR) is 90.6 cm³/mol. The molecule has 1 atom stereocenters. The largest absolute Gasteiger partial charge is 0.481 e. The summed E-state index contributed by atoms with van der Waals surface area (Å²) in [7, 11) is 0. The van der Waals surface area contributed by atoms with E-state index in [1.807, 2.05) is 0 Å². The molecule has 1 saturated heterocycles. The number of carboxylic acids is 1. The maximum absolute atomic E-state index is 13.0. The molecule has 0 unspecified atom stereocenters. The lowest BCUT2D eigenvalue weighted by Crippen LogP contribution is -2.47. The zero-order valence-corrected chi connectivity index (χ0v) is 14.2. The number of piperidine rings is 1. The molecule has 1 fully saturated rings. The standard InChI is InChI=1S/C18H20FN3O4/c19-14-5-3-12(4-6-14)10-22-16(23)8-7-15(20-22)17(24)21-9-1-2-13(11-21)18(25)26/h3-6,13H,1-2,7-11H2,(H,25,26)/t13-/m0/s1. The Morgan fingerprint density at radius 1 is 1.23 bits per heavy atom. The highest BCUT2D eigenvalue weighted by Gasteiger charge is 2.32. The number of benzene rings is 1. The highest BCUT2D eigenvalue weighted by atomic mass is 19.1. The molecule has 2 amide bonds. The van der Waals surface area contributed by atoms with E-state index in [0.29, 0.717) is 24.9 Å². The van der Waals surface area contributed by atoms with Crippen molar-refractivity contribution in [1.82, 2.24) is 9.91 Å². The van der Waals surface area contributed by atoms with E-state index in [1.54, 1.807) is 12.1 Å². The van der Waals surface area contributed by atoms with Crippen molar-refractivity contribution >= 4 is 23.5 Å². The van der Waals surface area contributed by atoms with Gasteiger partial charge in [0.25, 0.3) is 5.91 Å². The van der Waals surface area contributed by atoms with Gasteiger partial charge in [0.2, 0.25) is 5.91 Å². The summed E-state index contributed by atoms with van der Waals surface area (Å²) in [6.07, 6.45) is 1.60. The lowest BCUT2D eigenvalue weighted by molar-refractivity contribution is -0.144. The second-order valence-corrected chi connectivity index (χ2v) is 6.55. The maximum Gasteiger partial charge on any atom is 0.308 e. The van der Waals surface area contributed by atoms with Gasteiger partial charge in [-0.15, -0.1) is 0 Å². The van der Waals surface area contributed by atoms with Gasteiger partial charge in [0.05, 0.1) is 12.5 Å². The second kappa shape index (κ2) is 7.63. The first-order valence-electron chi connectivity index (χ1n) is 8.58. The first kappa shape index (κ1) is 18.0. The third-order valence-corrected chi connectivity index (χ3v) is 4.66. The molecule has 3 rings (SSSR count). The number of hydrazone groups is 1. The summed E-state index contributed by atoms with van der Waals surface area (Å²) in [5, 5.41) is 14.6. The summed E-state index contributed by atoms with van der Waals surface area (Å²) in [6, 6.07) is 5.74. The number of likely N-dealkylation sites (tertiary alicyclic amines) is 1. The van der Waals surface area contributed by atoms with Crippen LogP contribution in [0.2, 0.25) is 0 Å². The molecule has 0 saturated carbocycles. The summed E-state index contributed by atoms with van der Waals surface area (Å²) < 4.78 is 13.0. The van der Waals surface area contributed by atoms with Crippen LogP contribution >= 0.6 is 0 Å². The smallest absolute Gasteiger partial charge is 0.308 e. The predicted octanol–water partition coefficient (Wildman–Crippen LogP) is 1.63. The summed E-state index contributed by atoms with van der Waals surface area (Å²) in [4.78, 5) is 37.5. The van der Waals surface area contributed by atoms with Crippen LogP contribution in [-0.4, -0.2) is 51.6 Å². The highest BCUT2D eigenvalue weighted by Crippen LogP contribution is 2.20. The molecule has 8 heteroatoms. The Labute approximate surface area is 150 Å². The van der Waals surface area contributed by atoms with Gasteiger partial charge in [-0.2, -0.15) is 5.10 Å². The maximum atomic E-state index is 13.0. The number of amides is 2. The number of carbonyl (C=O) groups excluding carboxylic acids is 2. The zero-order chi connectivity index (χ0) is 18.7. The molecule has 0 radical (unpaired) electrons. The fourth-order valence-electron chi connectivity index (χ4n) is 3.19. The van der Waals surface area contributed by atoms with Crippen LogP contribution in [0, 0.1) is 11.7 Å². The Balaban J connectivity index is 1.72. The fraction of sp³-hybridized carbons (Fsp3) is 0.444. The lowest BCUT2D eigenvalue weighted by Gasteiger charge is -2.32. The molecule has 0 bridgehead atoms. The Morgan fingerprint density at radius 3 is 2.65 bits per heavy atom. The average molecular weight is 361 g/mol. The van der Waals surface area contributed by atoms with Crippen molar-refractivity contribution in [2.24, 2.45) is 11.0 Å². The number of nitrogens with zero attached hydrogens (tertiary/aromatic N) is 3. The van der Waals surface area contributed by atoms with Crippen LogP contribution in [-0.2, 0) is 20.9 Å². The number of hydrogen-bond donors (Lipinski definition) is 1. The van der Waals surface area contributed by atoms with Crippen molar-refractivity contribution in [1.29, 1.82) is 0 Å². The van der Waals surface area contributed by atoms with Crippen LogP contribution in [0.1, 0.15) is 31.2 Å². The summed E-state index contributed by atoms with van der Waals surface area (Å²) in [5.74, 6) is -2.34. The van der Waals surface area contributed by atoms with Gasteiger partial charge >= 0.3 is 5.97 Å². The summed E-state index contributed by atoms with van der Waals surface area (Å²) in [5.41, 5.74) is 0.971. The van der Waals surface area contributed by atoms with E-state index in [-0.39, 0.29) is 49.3 Å². The zero-order valence-electron chi connectivity index (χ0n) is 14.2. The van der Waals surface area contributed by atoms with Crippen LogP contribution in [0.4, 0.5) is 4.39 Å². The van der Waals surface area contributed by atoms with Crippen LogP contribution in [0.5, 0.6) is 0 Å². The molecule has 2 aliphatic rings. The monoisotopic (exact) mass is 361 g/mol. The van der Waals surface area contributed by atoms with Gasteiger partial charge in [-0.1, -0.05) is 12.1 Å². The van der Waals surface area contributed by atoms with Crippen molar-refractivity contribution in [3.05, 3.63) is 35.6 Å². The minimum absolute atomic E-state index is 0.160. The molecule has 7 nitrogen and oxygen atoms in total. The van der Waals surface area contributed by atoms with Gasteiger partial charge in [-0.05, 0) is 30.5 Å². The number of aliphatic carboxylic acids is 1. The molecule has 0 aliphatic carbocycles. The van der Waals surface area contributed by atoms with E-state index >= 15 is 0 Å². The Bertz CT molecular complexity index is 747. The normalized spacial score (nSPS) is 20.7. The minimum Gasteiger partial charge on any atom is -0.481 e. The first-order chi connectivity index (χ1) is 12.4. The molecule has 26 heavy (non-hydrogen) atoms. The van der Waals surface area contributed by atoms with Gasteiger partial charge in [-0.25, -0.2) is 9.40 Å². The number of halogens is 1. The molecule has 1 aromatic carbocycles. The minimum atomic E-state index is -0.902. The highest BCUT2D eigenvalue weighted by molar-refractivity contribution is 6.39. The van der Waals surface area contributed by atoms with E-state index < -0.39 is 11.9 Å². The Morgan fingerprint density at radius 2 is 1.96 bits per heavy atom. The second-order valence-electron chi connectivity index (χ2n) is 6.55. The number of carboxylic acid groups (broad SMARTS) is 1. The van der Waals surface area contributed by atoms with Crippen molar-refractivity contribution in [3.63, 3.8) is 0 Å². The topological polar surface area (TPSA) is 90.3 Å². The number of hydrogen-bond acceptors (Lipinski definition) is 4. The third-order valence-electron chi connectivity index (χ3n) is 4.66. The van der Waals surface area contributed by atoms with Gasteiger partial charge in [0.15, 0.2) is 0 Å². The van der Waals surface area contributed by atoms with Crippen molar-refractivity contribution < 1.29 is 23.9 Å². The molecular weight excluding hydrogens is 341 g/mol. The van der Waals surface area contributed by atoms with Crippen molar-refractivity contribution in [3.8, 4) is 0 Å². The van der Waals surface area contributed by atoms with Gasteiger partial charge < -0.3 is 10.0 Å². The van der Waals surface area contributed by atoms with E-state index in [1.165, 1.54) is 22.0 Å². The van der Waals surface area contributed by atoms with Crippen LogP contribution in [0.15, 0.2) is 29.4 Å². The average Bonchev–Trinajstić information content (AvgIpc) is 2.65. The molecule has 0 aromatic heterocycles. The molecule has 138 valence electrons. The van der Waals surface area contributed by atoms with Crippen LogP contribution in [0.25, 0.3) is 0 Å². The quantitative estimate of drug-likeness (QED) is 0.882. The van der Waals surface area contributed by atoms with E-state index in [2.05, 4.69) is 5.10 Å². The third kappa shape index (κ3) is 4.07. The lowest BCUT2D eigenvalue weighted by atomic mass is 9.97. The molecule has 1 aromatic rings. The van der Waals surface area contributed by atoms with Crippen molar-refractivity contribution in [2.45, 2.75) is 32.2 Å². The van der Waals surface area contributed by atoms with Gasteiger partial charge in [-0.3, -0.25) is 14.4 Å². The Hall–Kier alpha value is -2.77. The Kier molecular flexibility index (Phi) is 5.29. The van der Waals surface area contributed by atoms with Crippen LogP contribution < -0.4 is 0 Å². The summed E-state index contributed by atoms with van der Waals surface area (Å²) in [6.45, 7) is 0.820. The molecule has 2 heterocycles. The van der Waals surface area contributed by atoms with Gasteiger partial charge in [0, 0.05) is 25.9 Å². The first-order valence-corrected chi connectivity index (χ1v) is 8.58. The SMILES string of the molecule is O=C(O)[C@H]1CCCN(C(=O)C2=NN(Cc3ccc(F)cc3)C(=O)CC2)C1. The number of rotatable bonds is 4. The van der Waals surface area contributed by atoms with E-state index in [0.717, 1.165) is 0 Å². The van der Waals surface area contributed by atoms with Gasteiger partial charge in [0.1, 0.15) is 11.5 Å². The van der Waals surface area contributed by atoms with E-state index in [9.17, 15) is 18.8 Å². The molecular formula is C18H20FN3O4. The van der Waals surface area contributed by atoms with E-state index in [4.69, 9.17) is 5.11 Å². The molecule has 0 spiro atoms. The summed E-state index contributed by atoms with van der Waals surface area (Å²) >= 11 is 0. The molecule has 1 N–H and O–H groups in total. The fourth-order valence-corrected chi connectivity index (χ4v) is 3.19.